The predicted octanol–water partition coefficient (Wildman–Crippen LogP) is 3.55. The molecule has 0 unspecified atom stereocenters. The largest absolute Gasteiger partial charge is 0.493 e. The molecule has 1 amide bonds. The second kappa shape index (κ2) is 8.43. The van der Waals surface area contributed by atoms with Crippen LogP contribution in [0.25, 0.3) is 0 Å². The number of nitrogens with zero attached hydrogens (tertiary/aromatic N) is 2. The lowest BCUT2D eigenvalue weighted by molar-refractivity contribution is -0.385. The molecule has 0 saturated heterocycles. The fourth-order valence-corrected chi connectivity index (χ4v) is 2.48. The number of hydrogen-bond acceptors (Lipinski definition) is 5. The van der Waals surface area contributed by atoms with Crippen molar-refractivity contribution in [2.45, 2.75) is 13.5 Å². The van der Waals surface area contributed by atoms with E-state index in [1.54, 1.807) is 6.92 Å². The molecule has 0 spiro atoms. The zero-order valence-corrected chi connectivity index (χ0v) is 15.0. The fourth-order valence-electron chi connectivity index (χ4n) is 2.48. The van der Waals surface area contributed by atoms with Crippen LogP contribution >= 0.6 is 0 Å². The number of ether oxygens (including phenoxy) is 2. The standard InChI is InChI=1S/C18H18F2N2O5/c1-4-27-17-8-13(15(22(24)25)9-16(17)26-3)18(23)21(2)10-11-5-6-12(19)7-14(11)20/h5-9H,4,10H2,1-3H3. The van der Waals surface area contributed by atoms with Crippen molar-refractivity contribution in [2.24, 2.45) is 0 Å². The van der Waals surface area contributed by atoms with Crippen molar-refractivity contribution >= 4 is 11.6 Å². The summed E-state index contributed by atoms with van der Waals surface area (Å²) in [4.78, 5) is 24.5. The summed E-state index contributed by atoms with van der Waals surface area (Å²) in [6.45, 7) is 1.78. The van der Waals surface area contributed by atoms with Gasteiger partial charge in [-0.3, -0.25) is 14.9 Å². The Hall–Kier alpha value is -3.23. The molecule has 27 heavy (non-hydrogen) atoms. The highest BCUT2D eigenvalue weighted by Crippen LogP contribution is 2.35. The Labute approximate surface area is 154 Å². The van der Waals surface area contributed by atoms with Crippen LogP contribution in [-0.4, -0.2) is 36.5 Å². The summed E-state index contributed by atoms with van der Waals surface area (Å²) in [7, 11) is 2.69. The molecule has 9 heteroatoms. The highest BCUT2D eigenvalue weighted by molar-refractivity contribution is 5.99. The highest BCUT2D eigenvalue weighted by atomic mass is 19.1. The first-order valence-electron chi connectivity index (χ1n) is 7.97. The zero-order valence-electron chi connectivity index (χ0n) is 15.0. The van der Waals surface area contributed by atoms with Crippen molar-refractivity contribution in [3.05, 3.63) is 63.2 Å². The maximum Gasteiger partial charge on any atom is 0.286 e. The molecule has 2 rings (SSSR count). The first-order valence-corrected chi connectivity index (χ1v) is 7.97. The summed E-state index contributed by atoms with van der Waals surface area (Å²) in [5, 5.41) is 11.4. The zero-order chi connectivity index (χ0) is 20.1. The van der Waals surface area contributed by atoms with E-state index < -0.39 is 28.2 Å². The quantitative estimate of drug-likeness (QED) is 0.542. The van der Waals surface area contributed by atoms with E-state index in [4.69, 9.17) is 9.47 Å². The highest BCUT2D eigenvalue weighted by Gasteiger charge is 2.27. The minimum absolute atomic E-state index is 0.0773. The van der Waals surface area contributed by atoms with Crippen LogP contribution in [-0.2, 0) is 6.54 Å². The lowest BCUT2D eigenvalue weighted by Gasteiger charge is -2.19. The number of nitro groups is 1. The Morgan fingerprint density at radius 3 is 2.48 bits per heavy atom. The summed E-state index contributed by atoms with van der Waals surface area (Å²) >= 11 is 0. The molecule has 2 aromatic rings. The molecular weight excluding hydrogens is 362 g/mol. The third-order valence-electron chi connectivity index (χ3n) is 3.78. The van der Waals surface area contributed by atoms with E-state index in [1.165, 1.54) is 26.3 Å². The molecule has 0 aliphatic rings. The maximum absolute atomic E-state index is 13.8. The van der Waals surface area contributed by atoms with Crippen LogP contribution in [0.2, 0.25) is 0 Å². The number of nitro benzene ring substituents is 1. The monoisotopic (exact) mass is 380 g/mol. The summed E-state index contributed by atoms with van der Waals surface area (Å²) in [6, 6.07) is 5.31. The number of benzene rings is 2. The van der Waals surface area contributed by atoms with Gasteiger partial charge in [0.05, 0.1) is 24.7 Å². The lowest BCUT2D eigenvalue weighted by atomic mass is 10.1. The lowest BCUT2D eigenvalue weighted by Crippen LogP contribution is -2.27. The smallest absolute Gasteiger partial charge is 0.286 e. The molecule has 0 aliphatic heterocycles. The Kier molecular flexibility index (Phi) is 6.27. The van der Waals surface area contributed by atoms with Gasteiger partial charge in [-0.1, -0.05) is 6.07 Å². The van der Waals surface area contributed by atoms with Gasteiger partial charge < -0.3 is 14.4 Å². The Morgan fingerprint density at radius 2 is 1.93 bits per heavy atom. The van der Waals surface area contributed by atoms with Crippen molar-refractivity contribution in [3.8, 4) is 11.5 Å². The Bertz CT molecular complexity index is 873. The molecule has 0 aromatic heterocycles. The van der Waals surface area contributed by atoms with Crippen molar-refractivity contribution in [2.75, 3.05) is 20.8 Å². The molecule has 0 N–H and O–H groups in total. The number of methoxy groups -OCH3 is 1. The van der Waals surface area contributed by atoms with Crippen LogP contribution < -0.4 is 9.47 Å². The topological polar surface area (TPSA) is 81.9 Å². The minimum atomic E-state index is -0.811. The number of halogens is 2. The maximum atomic E-state index is 13.8. The molecule has 144 valence electrons. The molecule has 7 nitrogen and oxygen atoms in total. The van der Waals surface area contributed by atoms with Crippen molar-refractivity contribution in [1.82, 2.24) is 4.90 Å². The molecule has 0 saturated carbocycles. The molecule has 0 fully saturated rings. The van der Waals surface area contributed by atoms with E-state index in [-0.39, 0.29) is 35.8 Å². The molecule has 2 aromatic carbocycles. The second-order valence-corrected chi connectivity index (χ2v) is 5.61. The van der Waals surface area contributed by atoms with Gasteiger partial charge in [-0.25, -0.2) is 8.78 Å². The van der Waals surface area contributed by atoms with Gasteiger partial charge in [0, 0.05) is 31.3 Å². The number of hydrogen-bond donors (Lipinski definition) is 0. The van der Waals surface area contributed by atoms with Gasteiger partial charge in [0.25, 0.3) is 11.6 Å². The van der Waals surface area contributed by atoms with Gasteiger partial charge in [0.15, 0.2) is 11.5 Å². The van der Waals surface area contributed by atoms with Gasteiger partial charge >= 0.3 is 0 Å². The minimum Gasteiger partial charge on any atom is -0.493 e. The van der Waals surface area contributed by atoms with Gasteiger partial charge in [0.2, 0.25) is 0 Å². The van der Waals surface area contributed by atoms with Crippen LogP contribution in [0.15, 0.2) is 30.3 Å². The Morgan fingerprint density at radius 1 is 1.22 bits per heavy atom. The van der Waals surface area contributed by atoms with Crippen LogP contribution in [0.1, 0.15) is 22.8 Å². The van der Waals surface area contributed by atoms with Gasteiger partial charge in [-0.05, 0) is 13.0 Å². The van der Waals surface area contributed by atoms with Crippen LogP contribution in [0.4, 0.5) is 14.5 Å². The van der Waals surface area contributed by atoms with E-state index in [9.17, 15) is 23.7 Å². The van der Waals surface area contributed by atoms with E-state index in [2.05, 4.69) is 0 Å². The van der Waals surface area contributed by atoms with E-state index >= 15 is 0 Å². The number of carbonyl (C=O) groups excluding carboxylic acids is 1. The summed E-state index contributed by atoms with van der Waals surface area (Å²) < 4.78 is 37.3. The number of rotatable bonds is 7. The third-order valence-corrected chi connectivity index (χ3v) is 3.78. The predicted molar refractivity (Wildman–Crippen MR) is 93.0 cm³/mol. The SMILES string of the molecule is CCOc1cc(C(=O)N(C)Cc2ccc(F)cc2F)c([N+](=O)[O-])cc1OC. The van der Waals surface area contributed by atoms with Gasteiger partial charge in [0.1, 0.15) is 17.2 Å². The van der Waals surface area contributed by atoms with Crippen LogP contribution in [0.3, 0.4) is 0 Å². The van der Waals surface area contributed by atoms with Crippen LogP contribution in [0, 0.1) is 21.7 Å². The normalized spacial score (nSPS) is 10.4. The molecule has 0 atom stereocenters. The second-order valence-electron chi connectivity index (χ2n) is 5.61. The molecular formula is C18H18F2N2O5. The average Bonchev–Trinajstić information content (AvgIpc) is 2.63. The van der Waals surface area contributed by atoms with E-state index in [0.29, 0.717) is 6.07 Å². The Balaban J connectivity index is 2.40. The van der Waals surface area contributed by atoms with Crippen molar-refractivity contribution in [3.63, 3.8) is 0 Å². The molecule has 0 radical (unpaired) electrons. The first kappa shape index (κ1) is 20.1. The van der Waals surface area contributed by atoms with Gasteiger partial charge in [-0.2, -0.15) is 0 Å². The van der Waals surface area contributed by atoms with Crippen LogP contribution in [0.5, 0.6) is 11.5 Å². The fraction of sp³-hybridized carbons (Fsp3) is 0.278. The van der Waals surface area contributed by atoms with Gasteiger partial charge in [-0.15, -0.1) is 0 Å². The van der Waals surface area contributed by atoms with E-state index in [0.717, 1.165) is 17.0 Å². The average molecular weight is 380 g/mol. The van der Waals surface area contributed by atoms with E-state index in [1.807, 2.05) is 0 Å². The first-order chi connectivity index (χ1) is 12.8. The molecule has 0 bridgehead atoms. The molecule has 0 aliphatic carbocycles. The van der Waals surface area contributed by atoms with Crippen molar-refractivity contribution < 1.29 is 28.0 Å². The number of amides is 1. The van der Waals surface area contributed by atoms with Crippen molar-refractivity contribution in [1.29, 1.82) is 0 Å². The summed E-state index contributed by atoms with van der Waals surface area (Å²) in [5.74, 6) is -1.97. The summed E-state index contributed by atoms with van der Waals surface area (Å²) in [6.07, 6.45) is 0. The number of carbonyl (C=O) groups is 1. The third kappa shape index (κ3) is 4.49. The molecule has 0 heterocycles. The summed E-state index contributed by atoms with van der Waals surface area (Å²) in [5.41, 5.74) is -0.616.